The van der Waals surface area contributed by atoms with Gasteiger partial charge in [-0.2, -0.15) is 0 Å². The lowest BCUT2D eigenvalue weighted by Crippen LogP contribution is -1.98. The molecule has 4 nitrogen and oxygen atoms in total. The highest BCUT2D eigenvalue weighted by atomic mass is 16.5. The predicted molar refractivity (Wildman–Crippen MR) is 69.4 cm³/mol. The van der Waals surface area contributed by atoms with Gasteiger partial charge in [0.25, 0.3) is 0 Å². The molecule has 18 heavy (non-hydrogen) atoms. The lowest BCUT2D eigenvalue weighted by atomic mass is 10.0. The molecule has 0 bridgehead atoms. The number of aromatic hydroxyl groups is 2. The molecule has 0 aromatic heterocycles. The van der Waals surface area contributed by atoms with Crippen LogP contribution >= 0.6 is 0 Å². The highest BCUT2D eigenvalue weighted by Crippen LogP contribution is 2.48. The highest BCUT2D eigenvalue weighted by Gasteiger charge is 2.22. The summed E-state index contributed by atoms with van der Waals surface area (Å²) in [6.45, 7) is 9.02. The van der Waals surface area contributed by atoms with E-state index in [1.54, 1.807) is 19.9 Å². The second-order valence-electron chi connectivity index (χ2n) is 4.02. The Kier molecular flexibility index (Phi) is 4.48. The van der Waals surface area contributed by atoms with Crippen LogP contribution in [0.5, 0.6) is 23.0 Å². The van der Waals surface area contributed by atoms with Gasteiger partial charge in [0.05, 0.1) is 14.2 Å². The lowest BCUT2D eigenvalue weighted by Gasteiger charge is -2.17. The van der Waals surface area contributed by atoms with Crippen molar-refractivity contribution in [1.82, 2.24) is 0 Å². The molecule has 0 aliphatic rings. The Balaban J connectivity index is 3.44. The van der Waals surface area contributed by atoms with E-state index >= 15 is 0 Å². The number of hydrogen-bond acceptors (Lipinski definition) is 4. The van der Waals surface area contributed by atoms with Crippen LogP contribution in [0.2, 0.25) is 0 Å². The first-order valence-corrected chi connectivity index (χ1v) is 5.51. The monoisotopic (exact) mass is 250 g/mol. The fourth-order valence-corrected chi connectivity index (χ4v) is 1.73. The molecule has 0 aliphatic carbocycles. The zero-order valence-electron chi connectivity index (χ0n) is 11.1. The zero-order valence-corrected chi connectivity index (χ0v) is 11.1. The quantitative estimate of drug-likeness (QED) is 0.806. The van der Waals surface area contributed by atoms with Crippen molar-refractivity contribution in [2.45, 2.75) is 20.3 Å². The van der Waals surface area contributed by atoms with Crippen LogP contribution in [0.4, 0.5) is 0 Å². The molecule has 0 saturated heterocycles. The van der Waals surface area contributed by atoms with Gasteiger partial charge in [-0.3, -0.25) is 0 Å². The molecule has 0 amide bonds. The van der Waals surface area contributed by atoms with E-state index in [-0.39, 0.29) is 23.0 Å². The number of phenolic OH excluding ortho intramolecular Hbond substituents is 2. The molecule has 0 fully saturated rings. The number of methoxy groups -OCH3 is 2. The maximum atomic E-state index is 10.1. The molecule has 0 spiro atoms. The van der Waals surface area contributed by atoms with Gasteiger partial charge >= 0.3 is 0 Å². The van der Waals surface area contributed by atoms with Crippen LogP contribution < -0.4 is 9.47 Å². The minimum absolute atomic E-state index is 0.0368. The van der Waals surface area contributed by atoms with E-state index in [9.17, 15) is 10.2 Å². The minimum Gasteiger partial charge on any atom is -0.504 e. The summed E-state index contributed by atoms with van der Waals surface area (Å²) < 4.78 is 10.1. The van der Waals surface area contributed by atoms with Gasteiger partial charge in [0.1, 0.15) is 0 Å². The first kappa shape index (κ1) is 14.2. The van der Waals surface area contributed by atoms with Crippen molar-refractivity contribution >= 4 is 0 Å². The molecule has 2 N–H and O–H groups in total. The Morgan fingerprint density at radius 3 is 2.11 bits per heavy atom. The maximum absolute atomic E-state index is 10.1. The summed E-state index contributed by atoms with van der Waals surface area (Å²) in [5.41, 5.74) is 1.75. The number of allylic oxidation sites excluding steroid dienone is 2. The van der Waals surface area contributed by atoms with E-state index in [1.165, 1.54) is 14.2 Å². The molecule has 98 valence electrons. The Morgan fingerprint density at radius 1 is 1.17 bits per heavy atom. The van der Waals surface area contributed by atoms with Crippen molar-refractivity contribution < 1.29 is 19.7 Å². The molecule has 0 unspecified atom stereocenters. The second kappa shape index (κ2) is 5.67. The topological polar surface area (TPSA) is 58.9 Å². The molecule has 0 heterocycles. The van der Waals surface area contributed by atoms with Gasteiger partial charge in [0.2, 0.25) is 11.5 Å². The molecule has 4 heteroatoms. The summed E-state index contributed by atoms with van der Waals surface area (Å²) in [5, 5.41) is 20.1. The van der Waals surface area contributed by atoms with Gasteiger partial charge < -0.3 is 19.7 Å². The molecule has 2 radical (unpaired) electrons. The third-order valence-corrected chi connectivity index (χ3v) is 2.77. The summed E-state index contributed by atoms with van der Waals surface area (Å²) in [4.78, 5) is 0. The summed E-state index contributed by atoms with van der Waals surface area (Å²) >= 11 is 0. The van der Waals surface area contributed by atoms with E-state index in [0.29, 0.717) is 23.1 Å². The average molecular weight is 250 g/mol. The number of hydrogen-bond donors (Lipinski definition) is 2. The minimum atomic E-state index is -0.0397. The summed E-state index contributed by atoms with van der Waals surface area (Å²) in [6.07, 6.45) is 2.17. The molecule has 0 aliphatic heterocycles. The zero-order chi connectivity index (χ0) is 13.9. The Labute approximate surface area is 107 Å². The van der Waals surface area contributed by atoms with Gasteiger partial charge in [0.15, 0.2) is 11.5 Å². The van der Waals surface area contributed by atoms with E-state index < -0.39 is 0 Å². The Bertz CT molecular complexity index is 471. The second-order valence-corrected chi connectivity index (χ2v) is 4.02. The Hall–Kier alpha value is -1.84. The van der Waals surface area contributed by atoms with Crippen molar-refractivity contribution in [1.29, 1.82) is 0 Å². The summed E-state index contributed by atoms with van der Waals surface area (Å²) in [6, 6.07) is 0. The third-order valence-electron chi connectivity index (χ3n) is 2.77. The normalized spacial score (nSPS) is 11.5. The van der Waals surface area contributed by atoms with Crippen molar-refractivity contribution in [2.24, 2.45) is 0 Å². The van der Waals surface area contributed by atoms with Crippen LogP contribution in [0.3, 0.4) is 0 Å². The van der Waals surface area contributed by atoms with Crippen LogP contribution in [-0.4, -0.2) is 24.4 Å². The summed E-state index contributed by atoms with van der Waals surface area (Å²) in [7, 11) is 2.81. The molecule has 0 atom stereocenters. The first-order valence-electron chi connectivity index (χ1n) is 5.51. The maximum Gasteiger partial charge on any atom is 0.207 e. The number of rotatable bonds is 4. The number of ether oxygens (including phenoxy) is 2. The van der Waals surface area contributed by atoms with Crippen molar-refractivity contribution in [3.05, 3.63) is 29.7 Å². The standard InChI is InChI=1S/C14H18O4/c1-8(2)6-7-10-9(3)11(15)13(17-4)14(18-5)12(10)16/h1,6,15-16H,7H2,2-5H3. The lowest BCUT2D eigenvalue weighted by molar-refractivity contribution is 0.314. The first-order chi connectivity index (χ1) is 8.43. The fourth-order valence-electron chi connectivity index (χ4n) is 1.73. The highest BCUT2D eigenvalue weighted by molar-refractivity contribution is 5.66. The predicted octanol–water partition coefficient (Wildman–Crippen LogP) is 2.62. The third kappa shape index (κ3) is 2.53. The van der Waals surface area contributed by atoms with Crippen LogP contribution in [0.15, 0.2) is 11.6 Å². The van der Waals surface area contributed by atoms with Crippen molar-refractivity contribution in [3.8, 4) is 23.0 Å². The molecular formula is C14H18O4. The van der Waals surface area contributed by atoms with Crippen LogP contribution in [0, 0.1) is 13.8 Å². The smallest absolute Gasteiger partial charge is 0.207 e. The fraction of sp³-hybridized carbons (Fsp3) is 0.357. The van der Waals surface area contributed by atoms with Crippen LogP contribution in [-0.2, 0) is 6.42 Å². The van der Waals surface area contributed by atoms with Gasteiger partial charge in [-0.05, 0) is 27.2 Å². The van der Waals surface area contributed by atoms with E-state index in [4.69, 9.17) is 16.4 Å². The van der Waals surface area contributed by atoms with Crippen LogP contribution in [0.25, 0.3) is 0 Å². The Morgan fingerprint density at radius 2 is 1.67 bits per heavy atom. The van der Waals surface area contributed by atoms with Crippen molar-refractivity contribution in [3.63, 3.8) is 0 Å². The van der Waals surface area contributed by atoms with E-state index in [1.807, 2.05) is 0 Å². The molecular weight excluding hydrogens is 232 g/mol. The number of phenols is 2. The molecule has 1 aromatic rings. The van der Waals surface area contributed by atoms with Crippen molar-refractivity contribution in [2.75, 3.05) is 14.2 Å². The molecule has 1 aromatic carbocycles. The van der Waals surface area contributed by atoms with E-state index in [2.05, 4.69) is 0 Å². The molecule has 0 saturated carbocycles. The summed E-state index contributed by atoms with van der Waals surface area (Å²) in [5.74, 6) is 0.177. The van der Waals surface area contributed by atoms with Gasteiger partial charge in [-0.1, -0.05) is 11.6 Å². The SMILES string of the molecule is [CH]C(C)=CCc1c(C)c(O)c(OC)c(OC)c1O. The van der Waals surface area contributed by atoms with Gasteiger partial charge in [-0.15, -0.1) is 0 Å². The van der Waals surface area contributed by atoms with E-state index in [0.717, 1.165) is 0 Å². The molecule has 1 rings (SSSR count). The van der Waals surface area contributed by atoms with Crippen LogP contribution in [0.1, 0.15) is 18.1 Å². The van der Waals surface area contributed by atoms with Gasteiger partial charge in [-0.25, -0.2) is 0 Å². The van der Waals surface area contributed by atoms with Gasteiger partial charge in [0, 0.05) is 11.1 Å². The number of benzene rings is 1. The largest absolute Gasteiger partial charge is 0.504 e. The average Bonchev–Trinajstić information content (AvgIpc) is 2.32.